The third kappa shape index (κ3) is 8.56. The highest BCUT2D eigenvalue weighted by Gasteiger charge is 2.37. The van der Waals surface area contributed by atoms with Gasteiger partial charge in [-0.2, -0.15) is 13.2 Å². The maximum absolute atomic E-state index is 13.5. The number of hydrogen-bond acceptors (Lipinski definition) is 6. The second-order valence-corrected chi connectivity index (χ2v) is 10.9. The number of carbonyl (C=O) groups excluding carboxylic acids is 5. The van der Waals surface area contributed by atoms with Gasteiger partial charge in [-0.25, -0.2) is 0 Å². The second-order valence-electron chi connectivity index (χ2n) is 10.9. The molecule has 14 heteroatoms. The standard InChI is InChI=1S/C30H34F3N5O6/c1-18-27(41)34-14-22-15-38(26(40)13-20-8-10-21(11-9-20)30(31,32)33)16-24(44-22)28(42)36-23(12-19-6-4-3-5-7-19)29(43)37(2)17-25(39)35-18/h3-11,18,22-24H,12-17H2,1-2H3,(H,34,41)(H,35,39)(H,36,42)/t18-,22+,23-,24-/m1/s1. The van der Waals surface area contributed by atoms with Crippen molar-refractivity contribution in [2.24, 2.45) is 0 Å². The van der Waals surface area contributed by atoms with E-state index in [1.807, 2.05) is 0 Å². The Morgan fingerprint density at radius 3 is 2.27 bits per heavy atom. The molecule has 2 aliphatic heterocycles. The predicted molar refractivity (Wildman–Crippen MR) is 151 cm³/mol. The van der Waals surface area contributed by atoms with Gasteiger partial charge in [-0.15, -0.1) is 0 Å². The summed E-state index contributed by atoms with van der Waals surface area (Å²) in [6.45, 7) is 0.820. The molecule has 2 bridgehead atoms. The van der Waals surface area contributed by atoms with Crippen molar-refractivity contribution in [3.05, 3.63) is 71.3 Å². The lowest BCUT2D eigenvalue weighted by Gasteiger charge is -2.38. The molecule has 0 aromatic heterocycles. The Morgan fingerprint density at radius 2 is 1.61 bits per heavy atom. The van der Waals surface area contributed by atoms with Crippen molar-refractivity contribution in [1.82, 2.24) is 25.8 Å². The number of nitrogens with zero attached hydrogens (tertiary/aromatic N) is 2. The van der Waals surface area contributed by atoms with Crippen molar-refractivity contribution in [1.29, 1.82) is 0 Å². The summed E-state index contributed by atoms with van der Waals surface area (Å²) in [6, 6.07) is 11.1. The smallest absolute Gasteiger partial charge is 0.360 e. The highest BCUT2D eigenvalue weighted by Crippen LogP contribution is 2.29. The van der Waals surface area contributed by atoms with Gasteiger partial charge in [0.25, 0.3) is 5.91 Å². The minimum Gasteiger partial charge on any atom is -0.360 e. The van der Waals surface area contributed by atoms with Gasteiger partial charge in [0.2, 0.25) is 23.6 Å². The summed E-state index contributed by atoms with van der Waals surface area (Å²) in [5.41, 5.74) is 0.258. The molecule has 0 aliphatic carbocycles. The summed E-state index contributed by atoms with van der Waals surface area (Å²) in [5, 5.41) is 7.90. The van der Waals surface area contributed by atoms with Gasteiger partial charge in [0.05, 0.1) is 31.2 Å². The van der Waals surface area contributed by atoms with Gasteiger partial charge in [-0.1, -0.05) is 42.5 Å². The van der Waals surface area contributed by atoms with E-state index < -0.39 is 65.6 Å². The first-order valence-electron chi connectivity index (χ1n) is 14.1. The van der Waals surface area contributed by atoms with Crippen LogP contribution in [-0.4, -0.2) is 96.9 Å². The number of benzene rings is 2. The number of ether oxygens (including phenoxy) is 1. The van der Waals surface area contributed by atoms with Crippen LogP contribution >= 0.6 is 0 Å². The van der Waals surface area contributed by atoms with Crippen molar-refractivity contribution in [3.63, 3.8) is 0 Å². The van der Waals surface area contributed by atoms with E-state index in [2.05, 4.69) is 16.0 Å². The fraction of sp³-hybridized carbons (Fsp3) is 0.433. The monoisotopic (exact) mass is 617 g/mol. The fourth-order valence-corrected chi connectivity index (χ4v) is 4.99. The third-order valence-electron chi connectivity index (χ3n) is 7.38. The summed E-state index contributed by atoms with van der Waals surface area (Å²) in [5.74, 6) is -2.80. The lowest BCUT2D eigenvalue weighted by Crippen LogP contribution is -2.59. The van der Waals surface area contributed by atoms with E-state index in [1.165, 1.54) is 31.0 Å². The number of alkyl halides is 3. The number of morpholine rings is 1. The van der Waals surface area contributed by atoms with E-state index in [-0.39, 0.29) is 39.0 Å². The average molecular weight is 618 g/mol. The molecule has 2 heterocycles. The average Bonchev–Trinajstić information content (AvgIpc) is 2.98. The Morgan fingerprint density at radius 1 is 0.932 bits per heavy atom. The minimum atomic E-state index is -4.51. The summed E-state index contributed by atoms with van der Waals surface area (Å²) in [7, 11) is 1.41. The zero-order valence-corrected chi connectivity index (χ0v) is 24.2. The van der Waals surface area contributed by atoms with E-state index in [9.17, 15) is 37.1 Å². The number of likely N-dealkylation sites (N-methyl/N-ethyl adjacent to an activating group) is 1. The minimum absolute atomic E-state index is 0.0145. The van der Waals surface area contributed by atoms with Gasteiger partial charge in [0, 0.05) is 26.6 Å². The number of fused-ring (bicyclic) bond motifs is 2. The molecule has 4 rings (SSSR count). The molecule has 0 unspecified atom stereocenters. The Bertz CT molecular complexity index is 1370. The molecular formula is C30H34F3N5O6. The van der Waals surface area contributed by atoms with Crippen molar-refractivity contribution in [2.75, 3.05) is 33.2 Å². The summed E-state index contributed by atoms with van der Waals surface area (Å²) in [6.07, 6.45) is -6.69. The molecule has 2 aromatic carbocycles. The molecule has 236 valence electrons. The quantitative estimate of drug-likeness (QED) is 0.462. The van der Waals surface area contributed by atoms with Gasteiger partial charge in [0.1, 0.15) is 12.1 Å². The topological polar surface area (TPSA) is 137 Å². The molecule has 2 fully saturated rings. The predicted octanol–water partition coefficient (Wildman–Crippen LogP) is 0.664. The molecule has 44 heavy (non-hydrogen) atoms. The van der Waals surface area contributed by atoms with Crippen LogP contribution in [0.5, 0.6) is 0 Å². The number of hydrogen-bond donors (Lipinski definition) is 3. The largest absolute Gasteiger partial charge is 0.416 e. The number of nitrogens with one attached hydrogen (secondary N) is 3. The first kappa shape index (κ1) is 32.5. The number of rotatable bonds is 4. The van der Waals surface area contributed by atoms with Crippen LogP contribution in [0.2, 0.25) is 0 Å². The van der Waals surface area contributed by atoms with E-state index in [0.29, 0.717) is 5.56 Å². The Balaban J connectivity index is 1.57. The fourth-order valence-electron chi connectivity index (χ4n) is 4.99. The first-order chi connectivity index (χ1) is 20.8. The second kappa shape index (κ2) is 13.9. The third-order valence-corrected chi connectivity index (χ3v) is 7.38. The van der Waals surface area contributed by atoms with Crippen LogP contribution in [0, 0.1) is 0 Å². The van der Waals surface area contributed by atoms with Crippen LogP contribution in [0.4, 0.5) is 13.2 Å². The maximum atomic E-state index is 13.5. The van der Waals surface area contributed by atoms with Crippen LogP contribution in [0.15, 0.2) is 54.6 Å². The number of amides is 5. The van der Waals surface area contributed by atoms with Gasteiger partial charge in [-0.3, -0.25) is 24.0 Å². The number of carbonyl (C=O) groups is 5. The van der Waals surface area contributed by atoms with E-state index in [4.69, 9.17) is 4.74 Å². The Labute approximate surface area is 252 Å². The van der Waals surface area contributed by atoms with Crippen molar-refractivity contribution >= 4 is 29.5 Å². The molecular weight excluding hydrogens is 583 g/mol. The highest BCUT2D eigenvalue weighted by atomic mass is 19.4. The molecule has 0 radical (unpaired) electrons. The highest BCUT2D eigenvalue weighted by molar-refractivity contribution is 5.93. The summed E-state index contributed by atoms with van der Waals surface area (Å²) >= 11 is 0. The summed E-state index contributed by atoms with van der Waals surface area (Å²) < 4.78 is 44.9. The normalized spacial score (nSPS) is 24.0. The van der Waals surface area contributed by atoms with Gasteiger partial charge in [-0.05, 0) is 30.2 Å². The van der Waals surface area contributed by atoms with E-state index >= 15 is 0 Å². The molecule has 5 amide bonds. The Hall–Kier alpha value is -4.46. The first-order valence-corrected chi connectivity index (χ1v) is 14.1. The molecule has 4 atom stereocenters. The molecule has 2 aromatic rings. The van der Waals surface area contributed by atoms with Gasteiger partial charge < -0.3 is 30.5 Å². The molecule has 0 spiro atoms. The van der Waals surface area contributed by atoms with Crippen molar-refractivity contribution < 1.29 is 41.9 Å². The SMILES string of the molecule is C[C@H]1NC(=O)CN(C)C(=O)[C@@H](Cc2ccccc2)NC(=O)[C@H]2CN(C(=O)Cc3ccc(C(F)(F)F)cc3)C[C@H](CNC1=O)O2. The van der Waals surface area contributed by atoms with Gasteiger partial charge >= 0.3 is 6.18 Å². The van der Waals surface area contributed by atoms with Gasteiger partial charge in [0.15, 0.2) is 6.10 Å². The molecule has 11 nitrogen and oxygen atoms in total. The van der Waals surface area contributed by atoms with Crippen molar-refractivity contribution in [3.8, 4) is 0 Å². The van der Waals surface area contributed by atoms with Crippen LogP contribution in [0.25, 0.3) is 0 Å². The van der Waals surface area contributed by atoms with Crippen LogP contribution in [0.1, 0.15) is 23.6 Å². The molecule has 2 aliphatic rings. The van der Waals surface area contributed by atoms with Crippen LogP contribution < -0.4 is 16.0 Å². The van der Waals surface area contributed by atoms with Crippen molar-refractivity contribution in [2.45, 2.75) is 50.2 Å². The van der Waals surface area contributed by atoms with E-state index in [0.717, 1.165) is 22.6 Å². The maximum Gasteiger partial charge on any atom is 0.416 e. The molecule has 0 saturated carbocycles. The summed E-state index contributed by atoms with van der Waals surface area (Å²) in [4.78, 5) is 68.0. The molecule has 3 N–H and O–H groups in total. The van der Waals surface area contributed by atoms with Crippen LogP contribution in [-0.2, 0) is 47.7 Å². The zero-order chi connectivity index (χ0) is 32.0. The molecule has 2 saturated heterocycles. The lowest BCUT2D eigenvalue weighted by atomic mass is 10.0. The van der Waals surface area contributed by atoms with Crippen LogP contribution in [0.3, 0.4) is 0 Å². The van der Waals surface area contributed by atoms with E-state index in [1.54, 1.807) is 30.3 Å². The lowest BCUT2D eigenvalue weighted by molar-refractivity contribution is -0.157. The zero-order valence-electron chi connectivity index (χ0n) is 24.2. The Kier molecular flexibility index (Phi) is 10.2. The number of halogens is 3.